The molecule has 0 spiro atoms. The van der Waals surface area contributed by atoms with Crippen LogP contribution in [0.4, 0.5) is 0 Å². The van der Waals surface area contributed by atoms with Crippen molar-refractivity contribution >= 4 is 5.91 Å². The van der Waals surface area contributed by atoms with Gasteiger partial charge in [0.15, 0.2) is 0 Å². The summed E-state index contributed by atoms with van der Waals surface area (Å²) in [6, 6.07) is 2.33. The van der Waals surface area contributed by atoms with E-state index in [1.165, 1.54) is 12.8 Å². The van der Waals surface area contributed by atoms with E-state index in [9.17, 15) is 10.1 Å². The average molecular weight is 222 g/mol. The second-order valence-corrected chi connectivity index (χ2v) is 4.76. The predicted molar refractivity (Wildman–Crippen MR) is 63.7 cm³/mol. The number of unbranched alkanes of at least 4 members (excludes halogenated alkanes) is 1. The van der Waals surface area contributed by atoms with Crippen molar-refractivity contribution in [1.82, 2.24) is 5.32 Å². The van der Waals surface area contributed by atoms with Crippen molar-refractivity contribution < 1.29 is 4.79 Å². The Kier molecular flexibility index (Phi) is 5.31. The number of amides is 1. The van der Waals surface area contributed by atoms with E-state index in [-0.39, 0.29) is 5.91 Å². The van der Waals surface area contributed by atoms with E-state index in [4.69, 9.17) is 0 Å². The summed E-state index contributed by atoms with van der Waals surface area (Å²) >= 11 is 0. The predicted octanol–water partition coefficient (Wildman–Crippen LogP) is 2.91. The number of nitrogens with zero attached hydrogens (tertiary/aromatic N) is 1. The van der Waals surface area contributed by atoms with Gasteiger partial charge in [-0.1, -0.05) is 39.0 Å². The minimum atomic E-state index is -0.568. The topological polar surface area (TPSA) is 52.9 Å². The zero-order chi connectivity index (χ0) is 11.9. The van der Waals surface area contributed by atoms with Crippen molar-refractivity contribution in [2.45, 2.75) is 70.3 Å². The third-order valence-electron chi connectivity index (χ3n) is 3.31. The lowest BCUT2D eigenvalue weighted by Gasteiger charge is -2.26. The highest BCUT2D eigenvalue weighted by atomic mass is 16.1. The van der Waals surface area contributed by atoms with Gasteiger partial charge in [-0.05, 0) is 19.3 Å². The molecule has 0 atom stereocenters. The zero-order valence-electron chi connectivity index (χ0n) is 10.2. The van der Waals surface area contributed by atoms with Crippen LogP contribution in [0.15, 0.2) is 0 Å². The van der Waals surface area contributed by atoms with Crippen LogP contribution in [0.3, 0.4) is 0 Å². The highest BCUT2D eigenvalue weighted by Crippen LogP contribution is 2.26. The Hall–Kier alpha value is -1.04. The number of hydrogen-bond donors (Lipinski definition) is 1. The fourth-order valence-electron chi connectivity index (χ4n) is 2.26. The van der Waals surface area contributed by atoms with Gasteiger partial charge in [-0.3, -0.25) is 4.79 Å². The van der Waals surface area contributed by atoms with Crippen LogP contribution >= 0.6 is 0 Å². The lowest BCUT2D eigenvalue weighted by Crippen LogP contribution is -2.46. The van der Waals surface area contributed by atoms with E-state index in [1.54, 1.807) is 0 Å². The van der Waals surface area contributed by atoms with E-state index in [0.29, 0.717) is 6.42 Å². The van der Waals surface area contributed by atoms with Gasteiger partial charge in [0.2, 0.25) is 5.91 Å². The maximum atomic E-state index is 11.7. The molecule has 0 radical (unpaired) electrons. The van der Waals surface area contributed by atoms with Crippen molar-refractivity contribution in [1.29, 1.82) is 5.26 Å². The molecule has 1 aliphatic rings. The lowest BCUT2D eigenvalue weighted by molar-refractivity contribution is -0.122. The smallest absolute Gasteiger partial charge is 0.221 e. The Morgan fingerprint density at radius 3 is 2.44 bits per heavy atom. The summed E-state index contributed by atoms with van der Waals surface area (Å²) in [5.74, 6) is 0.0466. The first-order chi connectivity index (χ1) is 7.72. The summed E-state index contributed by atoms with van der Waals surface area (Å²) in [6.07, 6.45) is 8.62. The molecule has 1 amide bonds. The standard InChI is InChI=1S/C13H22N2O/c1-2-3-8-12(16)15-13(11-14)9-6-4-5-7-10-13/h2-10H2,1H3,(H,15,16). The average Bonchev–Trinajstić information content (AvgIpc) is 2.52. The van der Waals surface area contributed by atoms with Crippen LogP contribution in [0.1, 0.15) is 64.7 Å². The summed E-state index contributed by atoms with van der Waals surface area (Å²) in [6.45, 7) is 2.07. The van der Waals surface area contributed by atoms with Crippen molar-refractivity contribution in [3.8, 4) is 6.07 Å². The number of carbonyl (C=O) groups is 1. The number of nitrogens with one attached hydrogen (secondary N) is 1. The summed E-state index contributed by atoms with van der Waals surface area (Å²) in [5, 5.41) is 12.2. The van der Waals surface area contributed by atoms with Gasteiger partial charge in [0, 0.05) is 6.42 Å². The molecule has 1 saturated carbocycles. The van der Waals surface area contributed by atoms with E-state index < -0.39 is 5.54 Å². The first kappa shape index (κ1) is 13.0. The molecule has 0 saturated heterocycles. The van der Waals surface area contributed by atoms with Crippen LogP contribution in [0.2, 0.25) is 0 Å². The van der Waals surface area contributed by atoms with Crippen LogP contribution < -0.4 is 5.32 Å². The van der Waals surface area contributed by atoms with Gasteiger partial charge >= 0.3 is 0 Å². The molecule has 1 aliphatic carbocycles. The number of rotatable bonds is 4. The second kappa shape index (κ2) is 6.52. The first-order valence-corrected chi connectivity index (χ1v) is 6.45. The van der Waals surface area contributed by atoms with Crippen LogP contribution in [0, 0.1) is 11.3 Å². The normalized spacial score (nSPS) is 19.5. The Bertz CT molecular complexity index is 260. The molecule has 1 fully saturated rings. The minimum Gasteiger partial charge on any atom is -0.338 e. The van der Waals surface area contributed by atoms with Gasteiger partial charge in [0.1, 0.15) is 5.54 Å². The number of hydrogen-bond acceptors (Lipinski definition) is 2. The molecular weight excluding hydrogens is 200 g/mol. The van der Waals surface area contributed by atoms with Crippen LogP contribution in [0.25, 0.3) is 0 Å². The van der Waals surface area contributed by atoms with Gasteiger partial charge in [-0.2, -0.15) is 5.26 Å². The summed E-state index contributed by atoms with van der Waals surface area (Å²) in [4.78, 5) is 11.7. The van der Waals surface area contributed by atoms with Crippen molar-refractivity contribution in [3.63, 3.8) is 0 Å². The van der Waals surface area contributed by atoms with Crippen LogP contribution in [0.5, 0.6) is 0 Å². The van der Waals surface area contributed by atoms with Gasteiger partial charge in [0.05, 0.1) is 6.07 Å². The Morgan fingerprint density at radius 2 is 1.94 bits per heavy atom. The molecule has 0 unspecified atom stereocenters. The molecular formula is C13H22N2O. The molecule has 3 nitrogen and oxygen atoms in total. The molecule has 16 heavy (non-hydrogen) atoms. The van der Waals surface area contributed by atoms with Gasteiger partial charge < -0.3 is 5.32 Å². The zero-order valence-corrected chi connectivity index (χ0v) is 10.2. The van der Waals surface area contributed by atoms with Crippen LogP contribution in [-0.2, 0) is 4.79 Å². The maximum Gasteiger partial charge on any atom is 0.221 e. The Morgan fingerprint density at radius 1 is 1.31 bits per heavy atom. The number of nitriles is 1. The third kappa shape index (κ3) is 3.84. The fraction of sp³-hybridized carbons (Fsp3) is 0.846. The van der Waals surface area contributed by atoms with E-state index in [0.717, 1.165) is 38.5 Å². The highest BCUT2D eigenvalue weighted by molar-refractivity contribution is 5.77. The monoisotopic (exact) mass is 222 g/mol. The number of carbonyl (C=O) groups excluding carboxylic acids is 1. The molecule has 0 aromatic carbocycles. The fourth-order valence-corrected chi connectivity index (χ4v) is 2.26. The van der Waals surface area contributed by atoms with E-state index >= 15 is 0 Å². The molecule has 0 aliphatic heterocycles. The first-order valence-electron chi connectivity index (χ1n) is 6.45. The summed E-state index contributed by atoms with van der Waals surface area (Å²) in [7, 11) is 0. The minimum absolute atomic E-state index is 0.0466. The van der Waals surface area contributed by atoms with E-state index in [2.05, 4.69) is 18.3 Å². The summed E-state index contributed by atoms with van der Waals surface area (Å²) < 4.78 is 0. The molecule has 0 aromatic heterocycles. The molecule has 0 heterocycles. The largest absolute Gasteiger partial charge is 0.338 e. The van der Waals surface area contributed by atoms with Gasteiger partial charge in [-0.15, -0.1) is 0 Å². The molecule has 0 bridgehead atoms. The third-order valence-corrected chi connectivity index (χ3v) is 3.31. The molecule has 0 aromatic rings. The quantitative estimate of drug-likeness (QED) is 0.743. The SMILES string of the molecule is CCCCC(=O)NC1(C#N)CCCCCC1. The molecule has 1 rings (SSSR count). The Balaban J connectivity index is 2.51. The molecule has 90 valence electrons. The lowest BCUT2D eigenvalue weighted by atomic mass is 9.91. The highest BCUT2D eigenvalue weighted by Gasteiger charge is 2.32. The second-order valence-electron chi connectivity index (χ2n) is 4.76. The Labute approximate surface area is 98.2 Å². The van der Waals surface area contributed by atoms with E-state index in [1.807, 2.05) is 0 Å². The van der Waals surface area contributed by atoms with Gasteiger partial charge in [-0.25, -0.2) is 0 Å². The molecule has 1 N–H and O–H groups in total. The maximum absolute atomic E-state index is 11.7. The molecule has 3 heteroatoms. The van der Waals surface area contributed by atoms with Crippen LogP contribution in [-0.4, -0.2) is 11.4 Å². The van der Waals surface area contributed by atoms with Crippen molar-refractivity contribution in [2.75, 3.05) is 0 Å². The van der Waals surface area contributed by atoms with Gasteiger partial charge in [0.25, 0.3) is 0 Å². The van der Waals surface area contributed by atoms with Crippen molar-refractivity contribution in [3.05, 3.63) is 0 Å². The van der Waals surface area contributed by atoms with Crippen molar-refractivity contribution in [2.24, 2.45) is 0 Å². The summed E-state index contributed by atoms with van der Waals surface area (Å²) in [5.41, 5.74) is -0.568.